The maximum atomic E-state index is 10.1. The molecule has 2 aromatic rings. The zero-order chi connectivity index (χ0) is 12.6. The van der Waals surface area contributed by atoms with E-state index in [0.29, 0.717) is 0 Å². The van der Waals surface area contributed by atoms with Gasteiger partial charge in [0.05, 0.1) is 23.1 Å². The highest BCUT2D eigenvalue weighted by molar-refractivity contribution is 5.88. The van der Waals surface area contributed by atoms with Crippen LogP contribution in [-0.2, 0) is 0 Å². The van der Waals surface area contributed by atoms with Gasteiger partial charge in [-0.05, 0) is 38.3 Å². The van der Waals surface area contributed by atoms with E-state index in [1.165, 1.54) is 5.69 Å². The minimum atomic E-state index is -0.520. The van der Waals surface area contributed by atoms with Gasteiger partial charge in [-0.3, -0.25) is 0 Å². The molecule has 18 heavy (non-hydrogen) atoms. The number of aliphatic hydroxyl groups is 1. The summed E-state index contributed by atoms with van der Waals surface area (Å²) < 4.78 is 0. The molecular formula is C14H19N3O. The first kappa shape index (κ1) is 11.5. The van der Waals surface area contributed by atoms with Crippen LogP contribution in [0, 0.1) is 0 Å². The number of nitrogens with zero attached hydrogens (tertiary/aromatic N) is 2. The molecule has 2 heterocycles. The average Bonchev–Trinajstić information content (AvgIpc) is 2.74. The minimum Gasteiger partial charge on any atom is -0.390 e. The molecule has 0 bridgehead atoms. The van der Waals surface area contributed by atoms with E-state index in [0.717, 1.165) is 43.4 Å². The second kappa shape index (κ2) is 4.28. The Morgan fingerprint density at radius 1 is 1.33 bits per heavy atom. The molecule has 0 radical (unpaired) electrons. The maximum absolute atomic E-state index is 10.1. The van der Waals surface area contributed by atoms with Crippen molar-refractivity contribution in [1.82, 2.24) is 9.97 Å². The summed E-state index contributed by atoms with van der Waals surface area (Å²) in [6, 6.07) is 6.21. The van der Waals surface area contributed by atoms with Gasteiger partial charge >= 0.3 is 0 Å². The second-order valence-corrected chi connectivity index (χ2v) is 5.41. The highest BCUT2D eigenvalue weighted by Gasteiger charge is 2.25. The second-order valence-electron chi connectivity index (χ2n) is 5.41. The van der Waals surface area contributed by atoms with Crippen LogP contribution < -0.4 is 4.90 Å². The monoisotopic (exact) mass is 245 g/mol. The van der Waals surface area contributed by atoms with Gasteiger partial charge in [-0.25, -0.2) is 4.98 Å². The predicted octanol–water partition coefficient (Wildman–Crippen LogP) is 2.30. The first-order chi connectivity index (χ1) is 8.66. The lowest BCUT2D eigenvalue weighted by atomic mass is 9.98. The van der Waals surface area contributed by atoms with Gasteiger partial charge < -0.3 is 15.0 Å². The average molecular weight is 245 g/mol. The molecule has 0 spiro atoms. The topological polar surface area (TPSA) is 52.1 Å². The van der Waals surface area contributed by atoms with Crippen molar-refractivity contribution >= 4 is 16.7 Å². The number of para-hydroxylation sites is 1. The van der Waals surface area contributed by atoms with Crippen LogP contribution in [-0.4, -0.2) is 33.8 Å². The maximum Gasteiger partial charge on any atom is 0.112 e. The Bertz CT molecular complexity index is 547. The fourth-order valence-corrected chi connectivity index (χ4v) is 2.71. The van der Waals surface area contributed by atoms with E-state index in [9.17, 15) is 5.11 Å². The van der Waals surface area contributed by atoms with Crippen molar-refractivity contribution in [2.45, 2.75) is 31.8 Å². The van der Waals surface area contributed by atoms with Crippen molar-refractivity contribution in [2.75, 3.05) is 18.0 Å². The van der Waals surface area contributed by atoms with Crippen LogP contribution in [0.5, 0.6) is 0 Å². The van der Waals surface area contributed by atoms with Gasteiger partial charge in [-0.15, -0.1) is 0 Å². The molecule has 1 aliphatic rings. The summed E-state index contributed by atoms with van der Waals surface area (Å²) in [7, 11) is 0. The quantitative estimate of drug-likeness (QED) is 0.810. The molecule has 1 saturated heterocycles. The molecule has 1 aromatic carbocycles. The first-order valence-corrected chi connectivity index (χ1v) is 6.55. The van der Waals surface area contributed by atoms with Crippen LogP contribution in [0.1, 0.15) is 26.2 Å². The predicted molar refractivity (Wildman–Crippen MR) is 72.8 cm³/mol. The molecule has 1 aromatic heterocycles. The van der Waals surface area contributed by atoms with Crippen molar-refractivity contribution in [1.29, 1.82) is 0 Å². The molecule has 4 nitrogen and oxygen atoms in total. The van der Waals surface area contributed by atoms with Crippen LogP contribution >= 0.6 is 0 Å². The van der Waals surface area contributed by atoms with Crippen molar-refractivity contribution in [3.63, 3.8) is 0 Å². The van der Waals surface area contributed by atoms with Gasteiger partial charge in [-0.1, -0.05) is 6.07 Å². The highest BCUT2D eigenvalue weighted by Crippen LogP contribution is 2.29. The Kier molecular flexibility index (Phi) is 2.74. The minimum absolute atomic E-state index is 0.520. The molecule has 1 aliphatic heterocycles. The molecule has 1 fully saturated rings. The SMILES string of the molecule is CC1(O)CCCN(c2cccc3[nH]cnc23)CC1. The van der Waals surface area contributed by atoms with Crippen molar-refractivity contribution in [2.24, 2.45) is 0 Å². The van der Waals surface area contributed by atoms with Gasteiger partial charge in [0, 0.05) is 13.1 Å². The van der Waals surface area contributed by atoms with E-state index in [1.807, 2.05) is 13.0 Å². The van der Waals surface area contributed by atoms with Crippen molar-refractivity contribution < 1.29 is 5.11 Å². The molecule has 0 aliphatic carbocycles. The van der Waals surface area contributed by atoms with E-state index in [-0.39, 0.29) is 0 Å². The Hall–Kier alpha value is -1.55. The third kappa shape index (κ3) is 2.08. The van der Waals surface area contributed by atoms with E-state index < -0.39 is 5.60 Å². The van der Waals surface area contributed by atoms with Crippen LogP contribution in [0.15, 0.2) is 24.5 Å². The Balaban J connectivity index is 1.92. The molecule has 1 atom stereocenters. The van der Waals surface area contributed by atoms with Gasteiger partial charge in [0.1, 0.15) is 5.52 Å². The number of nitrogens with one attached hydrogen (secondary N) is 1. The summed E-state index contributed by atoms with van der Waals surface area (Å²) in [5.74, 6) is 0. The van der Waals surface area contributed by atoms with E-state index in [1.54, 1.807) is 6.33 Å². The number of imidazole rings is 1. The molecule has 2 N–H and O–H groups in total. The number of aromatic amines is 1. The van der Waals surface area contributed by atoms with Crippen LogP contribution in [0.2, 0.25) is 0 Å². The third-order valence-corrected chi connectivity index (χ3v) is 3.83. The summed E-state index contributed by atoms with van der Waals surface area (Å²) in [4.78, 5) is 9.88. The van der Waals surface area contributed by atoms with E-state index >= 15 is 0 Å². The summed E-state index contributed by atoms with van der Waals surface area (Å²) in [5, 5.41) is 10.1. The summed E-state index contributed by atoms with van der Waals surface area (Å²) >= 11 is 0. The summed E-state index contributed by atoms with van der Waals surface area (Å²) in [6.07, 6.45) is 4.45. The zero-order valence-electron chi connectivity index (χ0n) is 10.7. The molecule has 96 valence electrons. The lowest BCUT2D eigenvalue weighted by molar-refractivity contribution is 0.0481. The van der Waals surface area contributed by atoms with Crippen LogP contribution in [0.4, 0.5) is 5.69 Å². The number of aromatic nitrogens is 2. The largest absolute Gasteiger partial charge is 0.390 e. The number of hydrogen-bond donors (Lipinski definition) is 2. The fourth-order valence-electron chi connectivity index (χ4n) is 2.71. The first-order valence-electron chi connectivity index (χ1n) is 6.55. The molecule has 3 rings (SSSR count). The van der Waals surface area contributed by atoms with E-state index in [4.69, 9.17) is 0 Å². The number of hydrogen-bond acceptors (Lipinski definition) is 3. The lowest BCUT2D eigenvalue weighted by Crippen LogP contribution is -2.28. The standard InChI is InChI=1S/C14H19N3O/c1-14(18)6-3-8-17(9-7-14)12-5-2-4-11-13(12)16-10-15-11/h2,4-5,10,18H,3,6-9H2,1H3,(H,15,16). The van der Waals surface area contributed by atoms with Gasteiger partial charge in [0.2, 0.25) is 0 Å². The highest BCUT2D eigenvalue weighted by atomic mass is 16.3. The molecule has 1 unspecified atom stereocenters. The number of benzene rings is 1. The summed E-state index contributed by atoms with van der Waals surface area (Å²) in [6.45, 7) is 3.81. The molecule has 4 heteroatoms. The molecule has 0 saturated carbocycles. The number of H-pyrrole nitrogens is 1. The van der Waals surface area contributed by atoms with Gasteiger partial charge in [0.25, 0.3) is 0 Å². The summed E-state index contributed by atoms with van der Waals surface area (Å²) in [5.41, 5.74) is 2.75. The van der Waals surface area contributed by atoms with Crippen molar-refractivity contribution in [3.8, 4) is 0 Å². The Morgan fingerprint density at radius 2 is 2.22 bits per heavy atom. The van der Waals surface area contributed by atoms with E-state index in [2.05, 4.69) is 27.0 Å². The third-order valence-electron chi connectivity index (χ3n) is 3.83. The number of rotatable bonds is 1. The number of fused-ring (bicyclic) bond motifs is 1. The Morgan fingerprint density at radius 3 is 3.11 bits per heavy atom. The normalized spacial score (nSPS) is 25.3. The van der Waals surface area contributed by atoms with Gasteiger partial charge in [0.15, 0.2) is 0 Å². The lowest BCUT2D eigenvalue weighted by Gasteiger charge is -2.24. The van der Waals surface area contributed by atoms with Crippen molar-refractivity contribution in [3.05, 3.63) is 24.5 Å². The molecular weight excluding hydrogens is 226 g/mol. The van der Waals surface area contributed by atoms with Gasteiger partial charge in [-0.2, -0.15) is 0 Å². The fraction of sp³-hybridized carbons (Fsp3) is 0.500. The van der Waals surface area contributed by atoms with Crippen LogP contribution in [0.25, 0.3) is 11.0 Å². The Labute approximate surface area is 107 Å². The number of anilines is 1. The zero-order valence-corrected chi connectivity index (χ0v) is 10.7. The molecule has 0 amide bonds. The van der Waals surface area contributed by atoms with Crippen LogP contribution in [0.3, 0.4) is 0 Å². The smallest absolute Gasteiger partial charge is 0.112 e.